The van der Waals surface area contributed by atoms with Gasteiger partial charge in [0.25, 0.3) is 0 Å². The fraction of sp³-hybridized carbons (Fsp3) is 0.500. The molecule has 0 aliphatic heterocycles. The van der Waals surface area contributed by atoms with Crippen molar-refractivity contribution < 1.29 is 4.79 Å². The number of nitrogens with one attached hydrogen (secondary N) is 2. The molecule has 1 amide bonds. The summed E-state index contributed by atoms with van der Waals surface area (Å²) in [4.78, 5) is 19.4. The Hall–Kier alpha value is -1.56. The van der Waals surface area contributed by atoms with Gasteiger partial charge in [-0.25, -0.2) is 4.98 Å². The minimum absolute atomic E-state index is 0.0679. The molecule has 1 saturated carbocycles. The van der Waals surface area contributed by atoms with Crippen LogP contribution in [-0.2, 0) is 4.79 Å². The number of anilines is 2. The summed E-state index contributed by atoms with van der Waals surface area (Å²) in [5.74, 6) is 0.310. The number of aromatic nitrogens is 2. The average Bonchev–Trinajstić information content (AvgIpc) is 3.07. The van der Waals surface area contributed by atoms with Crippen molar-refractivity contribution in [1.82, 2.24) is 15.3 Å². The van der Waals surface area contributed by atoms with E-state index >= 15 is 0 Å². The predicted octanol–water partition coefficient (Wildman–Crippen LogP) is 0.791. The number of carbonyl (C=O) groups is 1. The number of halogens is 1. The first kappa shape index (κ1) is 11.9. The van der Waals surface area contributed by atoms with Gasteiger partial charge in [-0.2, -0.15) is 4.98 Å². The van der Waals surface area contributed by atoms with Crippen LogP contribution in [0.1, 0.15) is 19.8 Å². The Morgan fingerprint density at radius 2 is 2.35 bits per heavy atom. The summed E-state index contributed by atoms with van der Waals surface area (Å²) in [6, 6.07) is -0.0815. The minimum atomic E-state index is -0.413. The lowest BCUT2D eigenvalue weighted by Gasteiger charge is -2.15. The Bertz CT molecular complexity index is 435. The van der Waals surface area contributed by atoms with E-state index in [-0.39, 0.29) is 11.2 Å². The Kier molecular flexibility index (Phi) is 3.33. The van der Waals surface area contributed by atoms with Gasteiger partial charge in [-0.3, -0.25) is 4.79 Å². The van der Waals surface area contributed by atoms with Gasteiger partial charge in [0.15, 0.2) is 5.82 Å². The van der Waals surface area contributed by atoms with E-state index < -0.39 is 6.04 Å². The summed E-state index contributed by atoms with van der Waals surface area (Å²) >= 11 is 5.66. The first-order valence-electron chi connectivity index (χ1n) is 5.41. The SMILES string of the molecule is CC(Nc1nc(Cl)ncc1N)C(=O)NC1CC1. The highest BCUT2D eigenvalue weighted by Crippen LogP contribution is 2.20. The second-order valence-electron chi connectivity index (χ2n) is 4.09. The van der Waals surface area contributed by atoms with Crippen LogP contribution in [0.25, 0.3) is 0 Å². The quantitative estimate of drug-likeness (QED) is 0.692. The van der Waals surface area contributed by atoms with Crippen molar-refractivity contribution in [3.63, 3.8) is 0 Å². The summed E-state index contributed by atoms with van der Waals surface area (Å²) in [6.07, 6.45) is 3.52. The molecule has 4 N–H and O–H groups in total. The molecule has 92 valence electrons. The zero-order chi connectivity index (χ0) is 12.4. The molecule has 17 heavy (non-hydrogen) atoms. The van der Waals surface area contributed by atoms with Crippen LogP contribution < -0.4 is 16.4 Å². The third-order valence-electron chi connectivity index (χ3n) is 2.46. The van der Waals surface area contributed by atoms with Gasteiger partial charge in [0.1, 0.15) is 6.04 Å². The number of nitrogen functional groups attached to an aromatic ring is 1. The van der Waals surface area contributed by atoms with Crippen LogP contribution in [0.15, 0.2) is 6.20 Å². The molecular formula is C10H14ClN5O. The zero-order valence-corrected chi connectivity index (χ0v) is 10.2. The van der Waals surface area contributed by atoms with E-state index in [2.05, 4.69) is 20.6 Å². The van der Waals surface area contributed by atoms with Crippen molar-refractivity contribution in [2.24, 2.45) is 0 Å². The molecular weight excluding hydrogens is 242 g/mol. The molecule has 1 aromatic heterocycles. The smallest absolute Gasteiger partial charge is 0.242 e. The molecule has 1 heterocycles. The van der Waals surface area contributed by atoms with E-state index in [1.54, 1.807) is 6.92 Å². The summed E-state index contributed by atoms with van der Waals surface area (Å²) in [6.45, 7) is 1.74. The third-order valence-corrected chi connectivity index (χ3v) is 2.64. The van der Waals surface area contributed by atoms with Crippen molar-refractivity contribution in [2.75, 3.05) is 11.1 Å². The first-order chi connectivity index (χ1) is 8.06. The second-order valence-corrected chi connectivity index (χ2v) is 4.43. The minimum Gasteiger partial charge on any atom is -0.394 e. The summed E-state index contributed by atoms with van der Waals surface area (Å²) < 4.78 is 0. The van der Waals surface area contributed by atoms with Gasteiger partial charge in [-0.1, -0.05) is 0 Å². The highest BCUT2D eigenvalue weighted by molar-refractivity contribution is 6.28. The standard InChI is InChI=1S/C10H14ClN5O/c1-5(9(17)15-6-2-3-6)14-8-7(12)4-13-10(11)16-8/h4-6H,2-3,12H2,1H3,(H,15,17)(H,13,14,16). The molecule has 0 radical (unpaired) electrons. The van der Waals surface area contributed by atoms with E-state index in [0.717, 1.165) is 12.8 Å². The van der Waals surface area contributed by atoms with E-state index in [4.69, 9.17) is 17.3 Å². The molecule has 0 spiro atoms. The predicted molar refractivity (Wildman–Crippen MR) is 65.7 cm³/mol. The molecule has 0 aromatic carbocycles. The summed E-state index contributed by atoms with van der Waals surface area (Å²) in [7, 11) is 0. The number of carbonyl (C=O) groups excluding carboxylic acids is 1. The van der Waals surface area contributed by atoms with E-state index in [9.17, 15) is 4.79 Å². The monoisotopic (exact) mass is 255 g/mol. The fourth-order valence-corrected chi connectivity index (χ4v) is 1.44. The van der Waals surface area contributed by atoms with Crippen LogP contribution >= 0.6 is 11.6 Å². The Balaban J connectivity index is 1.98. The molecule has 0 saturated heterocycles. The lowest BCUT2D eigenvalue weighted by molar-refractivity contribution is -0.121. The molecule has 1 unspecified atom stereocenters. The van der Waals surface area contributed by atoms with Crippen molar-refractivity contribution in [1.29, 1.82) is 0 Å². The lowest BCUT2D eigenvalue weighted by atomic mass is 10.3. The molecule has 6 nitrogen and oxygen atoms in total. The maximum Gasteiger partial charge on any atom is 0.242 e. The first-order valence-corrected chi connectivity index (χ1v) is 5.79. The Morgan fingerprint density at radius 1 is 1.65 bits per heavy atom. The van der Waals surface area contributed by atoms with Gasteiger partial charge in [0, 0.05) is 6.04 Å². The van der Waals surface area contributed by atoms with Crippen LogP contribution in [0.3, 0.4) is 0 Å². The van der Waals surface area contributed by atoms with Crippen molar-refractivity contribution in [3.8, 4) is 0 Å². The number of nitrogens with two attached hydrogens (primary N) is 1. The number of nitrogens with zero attached hydrogens (tertiary/aromatic N) is 2. The van der Waals surface area contributed by atoms with Gasteiger partial charge in [-0.15, -0.1) is 0 Å². The molecule has 1 aromatic rings. The lowest BCUT2D eigenvalue weighted by Crippen LogP contribution is -2.39. The van der Waals surface area contributed by atoms with Crippen molar-refractivity contribution >= 4 is 29.0 Å². The topological polar surface area (TPSA) is 92.9 Å². The number of rotatable bonds is 4. The van der Waals surface area contributed by atoms with Gasteiger partial charge >= 0.3 is 0 Å². The molecule has 1 fully saturated rings. The van der Waals surface area contributed by atoms with Crippen molar-refractivity contribution in [2.45, 2.75) is 31.8 Å². The van der Waals surface area contributed by atoms with E-state index in [1.807, 2.05) is 0 Å². The Morgan fingerprint density at radius 3 is 3.00 bits per heavy atom. The number of hydrogen-bond acceptors (Lipinski definition) is 5. The summed E-state index contributed by atoms with van der Waals surface area (Å²) in [5, 5.41) is 5.89. The van der Waals surface area contributed by atoms with Crippen LogP contribution in [-0.4, -0.2) is 28.0 Å². The van der Waals surface area contributed by atoms with Crippen LogP contribution in [0.4, 0.5) is 11.5 Å². The zero-order valence-electron chi connectivity index (χ0n) is 9.40. The van der Waals surface area contributed by atoms with E-state index in [1.165, 1.54) is 6.20 Å². The second kappa shape index (κ2) is 4.75. The average molecular weight is 256 g/mol. The van der Waals surface area contributed by atoms with Crippen molar-refractivity contribution in [3.05, 3.63) is 11.5 Å². The molecule has 1 aliphatic rings. The summed E-state index contributed by atoms with van der Waals surface area (Å²) in [5.41, 5.74) is 6.04. The van der Waals surface area contributed by atoms with Crippen LogP contribution in [0.2, 0.25) is 5.28 Å². The number of amides is 1. The number of hydrogen-bond donors (Lipinski definition) is 3. The Labute approximate surface area is 104 Å². The van der Waals surface area contributed by atoms with Gasteiger partial charge in [0.2, 0.25) is 11.2 Å². The maximum atomic E-state index is 11.7. The largest absolute Gasteiger partial charge is 0.394 e. The molecule has 1 aliphatic carbocycles. The third kappa shape index (κ3) is 3.20. The van der Waals surface area contributed by atoms with Gasteiger partial charge in [0.05, 0.1) is 11.9 Å². The normalized spacial score (nSPS) is 16.4. The van der Waals surface area contributed by atoms with E-state index in [0.29, 0.717) is 17.5 Å². The van der Waals surface area contributed by atoms with Crippen LogP contribution in [0.5, 0.6) is 0 Å². The fourth-order valence-electron chi connectivity index (χ4n) is 1.31. The highest BCUT2D eigenvalue weighted by Gasteiger charge is 2.25. The maximum absolute atomic E-state index is 11.7. The van der Waals surface area contributed by atoms with Gasteiger partial charge < -0.3 is 16.4 Å². The molecule has 7 heteroatoms. The molecule has 0 bridgehead atoms. The van der Waals surface area contributed by atoms with Crippen LogP contribution in [0, 0.1) is 0 Å². The molecule has 1 atom stereocenters. The molecule has 2 rings (SSSR count). The van der Waals surface area contributed by atoms with Gasteiger partial charge in [-0.05, 0) is 31.4 Å². The highest BCUT2D eigenvalue weighted by atomic mass is 35.5.